The fourth-order valence-corrected chi connectivity index (χ4v) is 2.91. The summed E-state index contributed by atoms with van der Waals surface area (Å²) < 4.78 is 24.6. The Bertz CT molecular complexity index is 1030. The molecule has 0 saturated heterocycles. The zero-order valence-electron chi connectivity index (χ0n) is 15.7. The van der Waals surface area contributed by atoms with Crippen molar-refractivity contribution in [3.05, 3.63) is 47.5 Å². The van der Waals surface area contributed by atoms with Gasteiger partial charge in [-0.2, -0.15) is 0 Å². The SMILES string of the molecule is COc1cc2c(Nc3ccc(F)c(Cl)c3)ncnc2cc1OCCCCC(N)=O. The monoisotopic (exact) mass is 418 g/mol. The normalized spacial score (nSPS) is 10.7. The lowest BCUT2D eigenvalue weighted by Crippen LogP contribution is -2.10. The summed E-state index contributed by atoms with van der Waals surface area (Å²) in [5, 5.41) is 3.83. The molecule has 29 heavy (non-hydrogen) atoms. The molecular formula is C20H20ClFN4O3. The number of fused-ring (bicyclic) bond motifs is 1. The third kappa shape index (κ3) is 5.23. The summed E-state index contributed by atoms with van der Waals surface area (Å²) in [5.74, 6) is 0.747. The van der Waals surface area contributed by atoms with Crippen molar-refractivity contribution in [2.24, 2.45) is 5.73 Å². The van der Waals surface area contributed by atoms with Crippen LogP contribution < -0.4 is 20.5 Å². The molecule has 1 amide bonds. The number of anilines is 2. The molecule has 0 spiro atoms. The minimum absolute atomic E-state index is 0.0120. The Morgan fingerprint density at radius 2 is 2.03 bits per heavy atom. The molecule has 0 unspecified atom stereocenters. The maximum Gasteiger partial charge on any atom is 0.217 e. The quantitative estimate of drug-likeness (QED) is 0.505. The first kappa shape index (κ1) is 20.6. The minimum atomic E-state index is -0.496. The van der Waals surface area contributed by atoms with Gasteiger partial charge in [-0.05, 0) is 37.1 Å². The number of ether oxygens (including phenoxy) is 2. The number of carbonyl (C=O) groups excluding carboxylic acids is 1. The number of aromatic nitrogens is 2. The molecule has 9 heteroatoms. The molecule has 0 atom stereocenters. The zero-order chi connectivity index (χ0) is 20.8. The van der Waals surface area contributed by atoms with Gasteiger partial charge in [0.15, 0.2) is 11.5 Å². The number of primary amides is 1. The van der Waals surface area contributed by atoms with E-state index in [1.165, 1.54) is 25.6 Å². The van der Waals surface area contributed by atoms with Gasteiger partial charge >= 0.3 is 0 Å². The van der Waals surface area contributed by atoms with Gasteiger partial charge in [0.25, 0.3) is 0 Å². The summed E-state index contributed by atoms with van der Waals surface area (Å²) in [5.41, 5.74) is 6.36. The molecule has 0 aliphatic carbocycles. The average molecular weight is 419 g/mol. The number of halogens is 2. The number of nitrogens with zero attached hydrogens (tertiary/aromatic N) is 2. The van der Waals surface area contributed by atoms with E-state index in [2.05, 4.69) is 15.3 Å². The van der Waals surface area contributed by atoms with Crippen molar-refractivity contribution in [1.29, 1.82) is 0 Å². The highest BCUT2D eigenvalue weighted by Gasteiger charge is 2.12. The summed E-state index contributed by atoms with van der Waals surface area (Å²) in [4.78, 5) is 19.3. The van der Waals surface area contributed by atoms with Gasteiger partial charge in [0.2, 0.25) is 5.91 Å². The van der Waals surface area contributed by atoms with Crippen molar-refractivity contribution in [3.63, 3.8) is 0 Å². The first-order chi connectivity index (χ1) is 14.0. The summed E-state index contributed by atoms with van der Waals surface area (Å²) >= 11 is 5.85. The van der Waals surface area contributed by atoms with Gasteiger partial charge in [-0.15, -0.1) is 0 Å². The highest BCUT2D eigenvalue weighted by molar-refractivity contribution is 6.31. The van der Waals surface area contributed by atoms with E-state index in [9.17, 15) is 9.18 Å². The molecule has 1 aromatic heterocycles. The predicted molar refractivity (Wildman–Crippen MR) is 109 cm³/mol. The topological polar surface area (TPSA) is 99.4 Å². The van der Waals surface area contributed by atoms with Gasteiger partial charge in [0.05, 0.1) is 24.3 Å². The Morgan fingerprint density at radius 1 is 1.21 bits per heavy atom. The fraction of sp³-hybridized carbons (Fsp3) is 0.250. The molecule has 0 aliphatic heterocycles. The van der Waals surface area contributed by atoms with Gasteiger partial charge in [-0.1, -0.05) is 11.6 Å². The molecule has 3 rings (SSSR count). The number of nitrogens with one attached hydrogen (secondary N) is 1. The van der Waals surface area contributed by atoms with Crippen molar-refractivity contribution in [1.82, 2.24) is 9.97 Å². The van der Waals surface area contributed by atoms with Crippen molar-refractivity contribution in [3.8, 4) is 11.5 Å². The molecule has 0 fully saturated rings. The Morgan fingerprint density at radius 3 is 2.76 bits per heavy atom. The van der Waals surface area contributed by atoms with Crippen LogP contribution in [-0.4, -0.2) is 29.6 Å². The number of unbranched alkanes of at least 4 members (excludes halogenated alkanes) is 1. The molecule has 2 aromatic carbocycles. The van der Waals surface area contributed by atoms with Crippen LogP contribution in [0.3, 0.4) is 0 Å². The summed E-state index contributed by atoms with van der Waals surface area (Å²) in [6.45, 7) is 0.416. The van der Waals surface area contributed by atoms with E-state index in [1.807, 2.05) is 0 Å². The lowest BCUT2D eigenvalue weighted by molar-refractivity contribution is -0.118. The standard InChI is InChI=1S/C20H20ClFN4O3/c1-28-17-9-13-16(10-18(17)29-7-3-2-4-19(23)27)24-11-25-20(13)26-12-5-6-15(22)14(21)8-12/h5-6,8-11H,2-4,7H2,1H3,(H2,23,27)(H,24,25,26). The Kier molecular flexibility index (Phi) is 6.66. The van der Waals surface area contributed by atoms with Crippen molar-refractivity contribution >= 4 is 39.9 Å². The first-order valence-electron chi connectivity index (χ1n) is 8.94. The number of amides is 1. The molecule has 3 aromatic rings. The lowest BCUT2D eigenvalue weighted by atomic mass is 10.2. The molecule has 152 valence electrons. The van der Waals surface area contributed by atoms with Crippen LogP contribution in [0, 0.1) is 5.82 Å². The van der Waals surface area contributed by atoms with Crippen molar-refractivity contribution < 1.29 is 18.7 Å². The number of hydrogen-bond donors (Lipinski definition) is 2. The first-order valence-corrected chi connectivity index (χ1v) is 9.31. The van der Waals surface area contributed by atoms with E-state index in [0.717, 1.165) is 0 Å². The van der Waals surface area contributed by atoms with E-state index in [0.29, 0.717) is 59.8 Å². The maximum atomic E-state index is 13.4. The van der Waals surface area contributed by atoms with Gasteiger partial charge in [-0.25, -0.2) is 14.4 Å². The van der Waals surface area contributed by atoms with Crippen LogP contribution >= 0.6 is 11.6 Å². The van der Waals surface area contributed by atoms with Gasteiger partial charge in [-0.3, -0.25) is 4.79 Å². The van der Waals surface area contributed by atoms with Crippen molar-refractivity contribution in [2.75, 3.05) is 19.0 Å². The van der Waals surface area contributed by atoms with Crippen LogP contribution in [0.5, 0.6) is 11.5 Å². The lowest BCUT2D eigenvalue weighted by Gasteiger charge is -2.14. The number of rotatable bonds is 9. The van der Waals surface area contributed by atoms with Crippen LogP contribution in [0.15, 0.2) is 36.7 Å². The van der Waals surface area contributed by atoms with Gasteiger partial charge in [0.1, 0.15) is 18.0 Å². The molecule has 0 bridgehead atoms. The fourth-order valence-electron chi connectivity index (χ4n) is 2.73. The summed E-state index contributed by atoms with van der Waals surface area (Å²) in [6, 6.07) is 7.84. The number of benzene rings is 2. The average Bonchev–Trinajstić information content (AvgIpc) is 2.70. The van der Waals surface area contributed by atoms with Crippen LogP contribution in [0.25, 0.3) is 10.9 Å². The third-order valence-corrected chi connectivity index (χ3v) is 4.47. The molecule has 3 N–H and O–H groups in total. The van der Waals surface area contributed by atoms with E-state index in [-0.39, 0.29) is 10.9 Å². The molecule has 0 radical (unpaired) electrons. The summed E-state index contributed by atoms with van der Waals surface area (Å²) in [6.07, 6.45) is 3.08. The largest absolute Gasteiger partial charge is 0.493 e. The number of carbonyl (C=O) groups is 1. The van der Waals surface area contributed by atoms with E-state index < -0.39 is 5.82 Å². The van der Waals surface area contributed by atoms with Gasteiger partial charge in [0, 0.05) is 23.6 Å². The zero-order valence-corrected chi connectivity index (χ0v) is 16.5. The molecular weight excluding hydrogens is 399 g/mol. The molecule has 1 heterocycles. The Balaban J connectivity index is 1.82. The van der Waals surface area contributed by atoms with Gasteiger partial charge < -0.3 is 20.5 Å². The Hall–Kier alpha value is -3.13. The summed E-state index contributed by atoms with van der Waals surface area (Å²) in [7, 11) is 1.54. The van der Waals surface area contributed by atoms with E-state index in [4.69, 9.17) is 26.8 Å². The van der Waals surface area contributed by atoms with Crippen LogP contribution in [-0.2, 0) is 4.79 Å². The van der Waals surface area contributed by atoms with E-state index >= 15 is 0 Å². The number of methoxy groups -OCH3 is 1. The second-order valence-electron chi connectivity index (χ2n) is 6.27. The smallest absolute Gasteiger partial charge is 0.217 e. The van der Waals surface area contributed by atoms with Crippen LogP contribution in [0.4, 0.5) is 15.9 Å². The van der Waals surface area contributed by atoms with Crippen LogP contribution in [0.1, 0.15) is 19.3 Å². The van der Waals surface area contributed by atoms with Crippen LogP contribution in [0.2, 0.25) is 5.02 Å². The predicted octanol–water partition coefficient (Wildman–Crippen LogP) is 4.21. The van der Waals surface area contributed by atoms with Crippen molar-refractivity contribution in [2.45, 2.75) is 19.3 Å². The Labute approximate surface area is 172 Å². The molecule has 0 saturated carbocycles. The minimum Gasteiger partial charge on any atom is -0.493 e. The van der Waals surface area contributed by atoms with E-state index in [1.54, 1.807) is 18.2 Å². The highest BCUT2D eigenvalue weighted by Crippen LogP contribution is 2.35. The number of nitrogens with two attached hydrogens (primary N) is 1. The number of hydrogen-bond acceptors (Lipinski definition) is 6. The maximum absolute atomic E-state index is 13.4. The highest BCUT2D eigenvalue weighted by atomic mass is 35.5. The molecule has 7 nitrogen and oxygen atoms in total. The second-order valence-corrected chi connectivity index (χ2v) is 6.68. The molecule has 0 aliphatic rings. The third-order valence-electron chi connectivity index (χ3n) is 4.18. The second kappa shape index (κ2) is 9.38.